The van der Waals surface area contributed by atoms with Crippen molar-refractivity contribution in [2.45, 2.75) is 45.8 Å². The molecule has 116 valence electrons. The Balaban J connectivity index is 1.77. The summed E-state index contributed by atoms with van der Waals surface area (Å²) in [7, 11) is 0. The first kappa shape index (κ1) is 14.8. The standard InChI is InChI=1S/C18H21NO3/c1-12-10-16(20)17-15(12)9-8-13(2)19(17)18(21)22-11-14-6-4-3-5-7-14/h3-7,12-13H,8-11H2,1-2H3/t12-,13-/m0/s1. The van der Waals surface area contributed by atoms with E-state index >= 15 is 0 Å². The normalized spacial score (nSPS) is 24.5. The van der Waals surface area contributed by atoms with Gasteiger partial charge >= 0.3 is 6.09 Å². The molecule has 1 aliphatic carbocycles. The van der Waals surface area contributed by atoms with Gasteiger partial charge < -0.3 is 4.74 Å². The first-order chi connectivity index (χ1) is 10.6. The van der Waals surface area contributed by atoms with Crippen LogP contribution >= 0.6 is 0 Å². The fourth-order valence-corrected chi connectivity index (χ4v) is 3.34. The average molecular weight is 299 g/mol. The minimum absolute atomic E-state index is 0.0104. The maximum Gasteiger partial charge on any atom is 0.414 e. The molecule has 4 heteroatoms. The van der Waals surface area contributed by atoms with Gasteiger partial charge in [-0.05, 0) is 36.8 Å². The van der Waals surface area contributed by atoms with Crippen molar-refractivity contribution in [2.24, 2.45) is 5.92 Å². The van der Waals surface area contributed by atoms with Gasteiger partial charge in [-0.1, -0.05) is 37.3 Å². The Kier molecular flexibility index (Phi) is 4.01. The van der Waals surface area contributed by atoms with Gasteiger partial charge in [-0.15, -0.1) is 0 Å². The molecular weight excluding hydrogens is 278 g/mol. The molecule has 2 atom stereocenters. The van der Waals surface area contributed by atoms with Crippen molar-refractivity contribution < 1.29 is 14.3 Å². The van der Waals surface area contributed by atoms with E-state index in [0.717, 1.165) is 24.0 Å². The van der Waals surface area contributed by atoms with Crippen molar-refractivity contribution in [1.29, 1.82) is 0 Å². The molecular formula is C18H21NO3. The smallest absolute Gasteiger partial charge is 0.414 e. The zero-order chi connectivity index (χ0) is 15.7. The maximum atomic E-state index is 12.5. The van der Waals surface area contributed by atoms with Gasteiger partial charge in [-0.25, -0.2) is 4.79 Å². The number of nitrogens with zero attached hydrogens (tertiary/aromatic N) is 1. The van der Waals surface area contributed by atoms with Crippen LogP contribution in [0.5, 0.6) is 0 Å². The van der Waals surface area contributed by atoms with Crippen molar-refractivity contribution in [1.82, 2.24) is 4.90 Å². The number of ether oxygens (including phenoxy) is 1. The summed E-state index contributed by atoms with van der Waals surface area (Å²) in [5.74, 6) is 0.324. The van der Waals surface area contributed by atoms with Crippen LogP contribution in [0.25, 0.3) is 0 Å². The van der Waals surface area contributed by atoms with Gasteiger partial charge in [0.2, 0.25) is 0 Å². The largest absolute Gasteiger partial charge is 0.444 e. The molecule has 0 saturated heterocycles. The summed E-state index contributed by atoms with van der Waals surface area (Å²) in [6, 6.07) is 9.59. The lowest BCUT2D eigenvalue weighted by Crippen LogP contribution is -2.42. The quantitative estimate of drug-likeness (QED) is 0.837. The summed E-state index contributed by atoms with van der Waals surface area (Å²) < 4.78 is 5.43. The second-order valence-corrected chi connectivity index (χ2v) is 6.20. The van der Waals surface area contributed by atoms with Crippen LogP contribution in [0.3, 0.4) is 0 Å². The highest BCUT2D eigenvalue weighted by molar-refractivity contribution is 6.01. The topological polar surface area (TPSA) is 46.6 Å². The fourth-order valence-electron chi connectivity index (χ4n) is 3.34. The van der Waals surface area contributed by atoms with E-state index in [-0.39, 0.29) is 24.3 Å². The van der Waals surface area contributed by atoms with Crippen LogP contribution in [0.1, 0.15) is 38.7 Å². The first-order valence-electron chi connectivity index (χ1n) is 7.84. The van der Waals surface area contributed by atoms with E-state index in [0.29, 0.717) is 12.1 Å². The van der Waals surface area contributed by atoms with Crippen LogP contribution in [-0.4, -0.2) is 22.8 Å². The molecule has 4 nitrogen and oxygen atoms in total. The molecule has 0 saturated carbocycles. The molecule has 1 aromatic carbocycles. The van der Waals surface area contributed by atoms with Crippen LogP contribution < -0.4 is 0 Å². The van der Waals surface area contributed by atoms with Gasteiger partial charge in [-0.3, -0.25) is 9.69 Å². The molecule has 0 spiro atoms. The van der Waals surface area contributed by atoms with Crippen molar-refractivity contribution in [3.63, 3.8) is 0 Å². The maximum absolute atomic E-state index is 12.5. The second-order valence-electron chi connectivity index (χ2n) is 6.20. The summed E-state index contributed by atoms with van der Waals surface area (Å²) in [6.07, 6.45) is 1.90. The van der Waals surface area contributed by atoms with E-state index in [1.807, 2.05) is 37.3 Å². The number of carbonyl (C=O) groups is 2. The van der Waals surface area contributed by atoms with E-state index in [2.05, 4.69) is 6.92 Å². The molecule has 3 rings (SSSR count). The molecule has 2 aliphatic rings. The third-order valence-electron chi connectivity index (χ3n) is 4.57. The highest BCUT2D eigenvalue weighted by Crippen LogP contribution is 2.39. The lowest BCUT2D eigenvalue weighted by molar-refractivity contribution is -0.116. The Bertz CT molecular complexity index is 620. The van der Waals surface area contributed by atoms with Crippen LogP contribution in [0, 0.1) is 5.92 Å². The van der Waals surface area contributed by atoms with Crippen molar-refractivity contribution in [3.05, 3.63) is 47.2 Å². The molecule has 0 fully saturated rings. The molecule has 0 bridgehead atoms. The van der Waals surface area contributed by atoms with Crippen molar-refractivity contribution in [2.75, 3.05) is 0 Å². The average Bonchev–Trinajstić information content (AvgIpc) is 2.80. The van der Waals surface area contributed by atoms with E-state index in [4.69, 9.17) is 4.74 Å². The molecule has 1 aromatic rings. The molecule has 0 aromatic heterocycles. The van der Waals surface area contributed by atoms with E-state index in [1.54, 1.807) is 4.90 Å². The summed E-state index contributed by atoms with van der Waals surface area (Å²) in [5.41, 5.74) is 2.67. The number of allylic oxidation sites excluding steroid dienone is 2. The third-order valence-corrected chi connectivity index (χ3v) is 4.57. The molecule has 0 unspecified atom stereocenters. The van der Waals surface area contributed by atoms with Gasteiger partial charge in [0, 0.05) is 12.5 Å². The number of benzene rings is 1. The Morgan fingerprint density at radius 1 is 1.27 bits per heavy atom. The highest BCUT2D eigenvalue weighted by Gasteiger charge is 2.41. The Hall–Kier alpha value is -2.10. The van der Waals surface area contributed by atoms with Gasteiger partial charge in [0.1, 0.15) is 6.61 Å². The zero-order valence-electron chi connectivity index (χ0n) is 13.0. The number of hydrogen-bond donors (Lipinski definition) is 0. The number of ketones is 1. The van der Waals surface area contributed by atoms with E-state index in [9.17, 15) is 9.59 Å². The minimum Gasteiger partial charge on any atom is -0.444 e. The fraction of sp³-hybridized carbons (Fsp3) is 0.444. The first-order valence-corrected chi connectivity index (χ1v) is 7.84. The summed E-state index contributed by atoms with van der Waals surface area (Å²) >= 11 is 0. The monoisotopic (exact) mass is 299 g/mol. The lowest BCUT2D eigenvalue weighted by atomic mass is 9.94. The molecule has 22 heavy (non-hydrogen) atoms. The predicted octanol–water partition coefficient (Wildman–Crippen LogP) is 3.67. The van der Waals surface area contributed by atoms with Crippen LogP contribution in [0.2, 0.25) is 0 Å². The number of carbonyl (C=O) groups excluding carboxylic acids is 2. The SMILES string of the molecule is C[C@H]1CC(=O)C2=C1CC[C@H](C)N2C(=O)OCc1ccccc1. The van der Waals surface area contributed by atoms with Crippen molar-refractivity contribution >= 4 is 11.9 Å². The van der Waals surface area contributed by atoms with Gasteiger partial charge in [-0.2, -0.15) is 0 Å². The summed E-state index contributed by atoms with van der Waals surface area (Å²) in [6.45, 7) is 4.27. The van der Waals surface area contributed by atoms with Gasteiger partial charge in [0.25, 0.3) is 0 Å². The van der Waals surface area contributed by atoms with Crippen LogP contribution in [0.15, 0.2) is 41.6 Å². The summed E-state index contributed by atoms with van der Waals surface area (Å²) in [5, 5.41) is 0. The minimum atomic E-state index is -0.411. The Morgan fingerprint density at radius 3 is 2.73 bits per heavy atom. The van der Waals surface area contributed by atoms with Crippen LogP contribution in [-0.2, 0) is 16.1 Å². The Labute approximate surface area is 130 Å². The highest BCUT2D eigenvalue weighted by atomic mass is 16.6. The molecule has 0 radical (unpaired) electrons. The van der Waals surface area contributed by atoms with E-state index < -0.39 is 6.09 Å². The molecule has 1 heterocycles. The Morgan fingerprint density at radius 2 is 2.00 bits per heavy atom. The summed E-state index contributed by atoms with van der Waals surface area (Å²) in [4.78, 5) is 26.3. The number of rotatable bonds is 2. The third kappa shape index (κ3) is 2.65. The molecule has 0 N–H and O–H groups in total. The number of Topliss-reactive ketones (excluding diaryl/α,β-unsaturated/α-hetero) is 1. The number of amides is 1. The predicted molar refractivity (Wildman–Crippen MR) is 83.0 cm³/mol. The van der Waals surface area contributed by atoms with Crippen LogP contribution in [0.4, 0.5) is 4.79 Å². The van der Waals surface area contributed by atoms with Gasteiger partial charge in [0.05, 0.1) is 5.70 Å². The lowest BCUT2D eigenvalue weighted by Gasteiger charge is -2.34. The molecule has 1 amide bonds. The zero-order valence-corrected chi connectivity index (χ0v) is 13.0. The van der Waals surface area contributed by atoms with E-state index in [1.165, 1.54) is 0 Å². The van der Waals surface area contributed by atoms with Crippen molar-refractivity contribution in [3.8, 4) is 0 Å². The second kappa shape index (κ2) is 5.95. The van der Waals surface area contributed by atoms with Gasteiger partial charge in [0.15, 0.2) is 5.78 Å². The molecule has 1 aliphatic heterocycles. The number of hydrogen-bond acceptors (Lipinski definition) is 3.